The van der Waals surface area contributed by atoms with Crippen LogP contribution in [0.4, 0.5) is 0 Å². The summed E-state index contributed by atoms with van der Waals surface area (Å²) >= 11 is 0. The first kappa shape index (κ1) is 12.9. The van der Waals surface area contributed by atoms with Crippen molar-refractivity contribution < 1.29 is 9.57 Å². The van der Waals surface area contributed by atoms with Crippen LogP contribution >= 0.6 is 0 Å². The first-order valence-electron chi connectivity index (χ1n) is 6.35. The van der Waals surface area contributed by atoms with Gasteiger partial charge in [-0.1, -0.05) is 41.5 Å². The number of hydroxylamine groups is 1. The number of nitrogens with one attached hydrogen (secondary N) is 1. The molecule has 98 valence electrons. The lowest BCUT2D eigenvalue weighted by molar-refractivity contribution is -0.146. The van der Waals surface area contributed by atoms with Crippen LogP contribution < -0.4 is 5.48 Å². The zero-order chi connectivity index (χ0) is 13.1. The molecule has 1 fully saturated rings. The Balaban J connectivity index is 2.43. The summed E-state index contributed by atoms with van der Waals surface area (Å²) in [5.41, 5.74) is 2.46. The van der Waals surface area contributed by atoms with E-state index in [4.69, 9.17) is 9.57 Å². The number of hydrogen-bond donors (Lipinski definition) is 1. The van der Waals surface area contributed by atoms with Crippen LogP contribution in [0.3, 0.4) is 0 Å². The molecular formula is C14H25NO2. The molecule has 0 aromatic rings. The summed E-state index contributed by atoms with van der Waals surface area (Å²) in [5.74, 6) is 1.02. The monoisotopic (exact) mass is 239 g/mol. The maximum absolute atomic E-state index is 6.28. The van der Waals surface area contributed by atoms with Crippen LogP contribution in [0.15, 0.2) is 11.8 Å². The van der Waals surface area contributed by atoms with E-state index in [1.807, 2.05) is 0 Å². The summed E-state index contributed by atoms with van der Waals surface area (Å²) < 4.78 is 6.28. The lowest BCUT2D eigenvalue weighted by Crippen LogP contribution is -2.54. The normalized spacial score (nSPS) is 37.7. The molecule has 0 radical (unpaired) electrons. The maximum Gasteiger partial charge on any atom is 0.189 e. The van der Waals surface area contributed by atoms with Gasteiger partial charge in [0.2, 0.25) is 0 Å². The zero-order valence-electron chi connectivity index (χ0n) is 12.1. The lowest BCUT2D eigenvalue weighted by atomic mass is 9.75. The Labute approximate surface area is 105 Å². The standard InChI is InChI=1S/C14H25NO2/c1-11(2,3)10-8-13(7)9-14(16-10,15-17-13)12(4,5)6/h8,15H,9H2,1-7H3/t13-,14-/m0/s1. The van der Waals surface area contributed by atoms with Crippen molar-refractivity contribution in [1.82, 2.24) is 5.48 Å². The minimum atomic E-state index is -0.418. The summed E-state index contributed by atoms with van der Waals surface area (Å²) in [4.78, 5) is 5.77. The van der Waals surface area contributed by atoms with E-state index in [-0.39, 0.29) is 16.4 Å². The first-order chi connectivity index (χ1) is 7.48. The van der Waals surface area contributed by atoms with Crippen molar-refractivity contribution in [2.75, 3.05) is 0 Å². The van der Waals surface area contributed by atoms with E-state index in [1.54, 1.807) is 0 Å². The summed E-state index contributed by atoms with van der Waals surface area (Å²) in [6.45, 7) is 15.2. The fourth-order valence-electron chi connectivity index (χ4n) is 2.34. The molecule has 2 aliphatic rings. The molecule has 0 aliphatic carbocycles. The molecule has 2 heterocycles. The predicted octanol–water partition coefficient (Wildman–Crippen LogP) is 3.37. The van der Waals surface area contributed by atoms with Crippen molar-refractivity contribution >= 4 is 0 Å². The van der Waals surface area contributed by atoms with E-state index in [1.165, 1.54) is 0 Å². The molecule has 0 aromatic carbocycles. The number of rotatable bonds is 0. The molecule has 0 amide bonds. The van der Waals surface area contributed by atoms with Gasteiger partial charge < -0.3 is 4.74 Å². The Morgan fingerprint density at radius 2 is 1.76 bits per heavy atom. The van der Waals surface area contributed by atoms with Gasteiger partial charge in [-0.2, -0.15) is 5.48 Å². The predicted molar refractivity (Wildman–Crippen MR) is 68.1 cm³/mol. The Hall–Kier alpha value is -0.540. The first-order valence-corrected chi connectivity index (χ1v) is 6.35. The van der Waals surface area contributed by atoms with Gasteiger partial charge in [0.25, 0.3) is 0 Å². The van der Waals surface area contributed by atoms with Crippen molar-refractivity contribution in [2.24, 2.45) is 10.8 Å². The molecule has 2 aliphatic heterocycles. The highest BCUT2D eigenvalue weighted by atomic mass is 16.7. The van der Waals surface area contributed by atoms with Crippen LogP contribution in [0, 0.1) is 10.8 Å². The third-order valence-corrected chi connectivity index (χ3v) is 3.72. The van der Waals surface area contributed by atoms with Crippen LogP contribution in [0.25, 0.3) is 0 Å². The number of allylic oxidation sites excluding steroid dienone is 1. The number of ether oxygens (including phenoxy) is 1. The highest BCUT2D eigenvalue weighted by Gasteiger charge is 2.58. The van der Waals surface area contributed by atoms with Gasteiger partial charge in [-0.25, -0.2) is 0 Å². The van der Waals surface area contributed by atoms with E-state index >= 15 is 0 Å². The minimum Gasteiger partial charge on any atom is -0.474 e. The van der Waals surface area contributed by atoms with Crippen molar-refractivity contribution in [3.05, 3.63) is 11.8 Å². The zero-order valence-corrected chi connectivity index (χ0v) is 12.1. The van der Waals surface area contributed by atoms with Gasteiger partial charge in [0.05, 0.1) is 0 Å². The van der Waals surface area contributed by atoms with Gasteiger partial charge in [-0.3, -0.25) is 4.84 Å². The smallest absolute Gasteiger partial charge is 0.189 e. The van der Waals surface area contributed by atoms with Gasteiger partial charge in [0.1, 0.15) is 11.4 Å². The Morgan fingerprint density at radius 3 is 2.24 bits per heavy atom. The van der Waals surface area contributed by atoms with Crippen LogP contribution in [0.2, 0.25) is 0 Å². The molecule has 3 heteroatoms. The molecule has 0 saturated carbocycles. The third kappa shape index (κ3) is 2.00. The number of fused-ring (bicyclic) bond motifs is 2. The van der Waals surface area contributed by atoms with Crippen molar-refractivity contribution in [2.45, 2.75) is 66.2 Å². The Kier molecular flexibility index (Phi) is 2.48. The fourth-order valence-corrected chi connectivity index (χ4v) is 2.34. The molecule has 0 spiro atoms. The summed E-state index contributed by atoms with van der Waals surface area (Å²) in [7, 11) is 0. The van der Waals surface area contributed by atoms with Crippen LogP contribution in [0.5, 0.6) is 0 Å². The molecule has 0 aromatic heterocycles. The van der Waals surface area contributed by atoms with E-state index in [9.17, 15) is 0 Å². The van der Waals surface area contributed by atoms with Gasteiger partial charge in [-0.15, -0.1) is 0 Å². The largest absolute Gasteiger partial charge is 0.474 e. The molecule has 17 heavy (non-hydrogen) atoms. The minimum absolute atomic E-state index is 0.00750. The molecule has 2 atom stereocenters. The summed E-state index contributed by atoms with van der Waals surface area (Å²) in [6.07, 6.45) is 2.97. The van der Waals surface area contributed by atoms with Crippen molar-refractivity contribution in [1.29, 1.82) is 0 Å². The molecule has 2 rings (SSSR count). The summed E-state index contributed by atoms with van der Waals surface area (Å²) in [5, 5.41) is 0. The topological polar surface area (TPSA) is 30.5 Å². The molecule has 1 saturated heterocycles. The van der Waals surface area contributed by atoms with E-state index in [2.05, 4.69) is 60.0 Å². The van der Waals surface area contributed by atoms with Gasteiger partial charge >= 0.3 is 0 Å². The average molecular weight is 239 g/mol. The second-order valence-corrected chi connectivity index (χ2v) is 7.63. The van der Waals surface area contributed by atoms with Crippen LogP contribution in [-0.2, 0) is 9.57 Å². The molecule has 1 N–H and O–H groups in total. The van der Waals surface area contributed by atoms with Gasteiger partial charge in [0.15, 0.2) is 5.72 Å². The number of hydrogen-bond acceptors (Lipinski definition) is 3. The van der Waals surface area contributed by atoms with Crippen LogP contribution in [0.1, 0.15) is 54.9 Å². The average Bonchev–Trinajstić information content (AvgIpc) is 2.35. The fraction of sp³-hybridized carbons (Fsp3) is 0.857. The van der Waals surface area contributed by atoms with E-state index in [0.717, 1.165) is 12.2 Å². The molecule has 2 bridgehead atoms. The molecular weight excluding hydrogens is 214 g/mol. The van der Waals surface area contributed by atoms with E-state index < -0.39 is 5.72 Å². The van der Waals surface area contributed by atoms with E-state index in [0.29, 0.717) is 0 Å². The summed E-state index contributed by atoms with van der Waals surface area (Å²) in [6, 6.07) is 0. The Bertz CT molecular complexity index is 361. The maximum atomic E-state index is 6.28. The second-order valence-electron chi connectivity index (χ2n) is 7.63. The van der Waals surface area contributed by atoms with Crippen molar-refractivity contribution in [3.8, 4) is 0 Å². The van der Waals surface area contributed by atoms with Gasteiger partial charge in [-0.05, 0) is 13.0 Å². The lowest BCUT2D eigenvalue weighted by Gasteiger charge is -2.45. The quantitative estimate of drug-likeness (QED) is 0.703. The third-order valence-electron chi connectivity index (χ3n) is 3.72. The highest BCUT2D eigenvalue weighted by molar-refractivity contribution is 5.21. The highest BCUT2D eigenvalue weighted by Crippen LogP contribution is 2.51. The molecule has 3 nitrogen and oxygen atoms in total. The van der Waals surface area contributed by atoms with Crippen LogP contribution in [-0.4, -0.2) is 11.3 Å². The second kappa shape index (κ2) is 3.27. The SMILES string of the molecule is CC(C)(C)C1=C[C@@]2(C)C[C@](C(C)(C)C)(NO2)O1. The Morgan fingerprint density at radius 1 is 1.18 bits per heavy atom. The van der Waals surface area contributed by atoms with Gasteiger partial charge in [0, 0.05) is 17.3 Å². The van der Waals surface area contributed by atoms with Crippen molar-refractivity contribution in [3.63, 3.8) is 0 Å². The molecule has 0 unspecified atom stereocenters.